The molecule has 4 nitrogen and oxygen atoms in total. The molecule has 19 heavy (non-hydrogen) atoms. The smallest absolute Gasteiger partial charge is 0.119 e. The predicted molar refractivity (Wildman–Crippen MR) is 78.6 cm³/mol. The van der Waals surface area contributed by atoms with E-state index in [1.165, 1.54) is 0 Å². The summed E-state index contributed by atoms with van der Waals surface area (Å²) in [5.74, 6) is 0.774. The molecule has 0 heterocycles. The van der Waals surface area contributed by atoms with Crippen LogP contribution in [-0.2, 0) is 0 Å². The van der Waals surface area contributed by atoms with E-state index in [2.05, 4.69) is 24.3 Å². The lowest BCUT2D eigenvalue weighted by atomic mass is 10.0. The van der Waals surface area contributed by atoms with Crippen LogP contribution in [0.3, 0.4) is 0 Å². The Morgan fingerprint density at radius 2 is 2.11 bits per heavy atom. The molecule has 0 aliphatic heterocycles. The van der Waals surface area contributed by atoms with Gasteiger partial charge >= 0.3 is 0 Å². The van der Waals surface area contributed by atoms with Crippen LogP contribution in [0.1, 0.15) is 25.0 Å². The van der Waals surface area contributed by atoms with Crippen LogP contribution in [-0.4, -0.2) is 50.3 Å². The van der Waals surface area contributed by atoms with Crippen molar-refractivity contribution in [3.63, 3.8) is 0 Å². The third-order valence-electron chi connectivity index (χ3n) is 3.16. The lowest BCUT2D eigenvalue weighted by Gasteiger charge is -2.21. The lowest BCUT2D eigenvalue weighted by Crippen LogP contribution is -2.34. The normalized spacial score (nSPS) is 14.4. The molecule has 108 valence electrons. The molecule has 0 aromatic heterocycles. The van der Waals surface area contributed by atoms with Gasteiger partial charge in [0.15, 0.2) is 0 Å². The summed E-state index contributed by atoms with van der Waals surface area (Å²) < 4.78 is 5.17. The van der Waals surface area contributed by atoms with E-state index < -0.39 is 6.10 Å². The summed E-state index contributed by atoms with van der Waals surface area (Å²) in [5.41, 5.74) is 0.881. The predicted octanol–water partition coefficient (Wildman–Crippen LogP) is 1.66. The first-order chi connectivity index (χ1) is 9.04. The van der Waals surface area contributed by atoms with Crippen molar-refractivity contribution in [2.75, 3.05) is 34.3 Å². The zero-order valence-corrected chi connectivity index (χ0v) is 12.4. The summed E-state index contributed by atoms with van der Waals surface area (Å²) in [5, 5.41) is 13.6. The fourth-order valence-electron chi connectivity index (χ4n) is 1.95. The highest BCUT2D eigenvalue weighted by Crippen LogP contribution is 2.21. The SMILES string of the molecule is COc1cccc(C(O)C(C)NCCCN(C)C)c1. The summed E-state index contributed by atoms with van der Waals surface area (Å²) in [4.78, 5) is 2.16. The molecule has 2 unspecified atom stereocenters. The number of nitrogens with one attached hydrogen (secondary N) is 1. The molecule has 4 heteroatoms. The van der Waals surface area contributed by atoms with Gasteiger partial charge in [-0.15, -0.1) is 0 Å². The number of nitrogens with zero attached hydrogens (tertiary/aromatic N) is 1. The van der Waals surface area contributed by atoms with Crippen molar-refractivity contribution in [3.05, 3.63) is 29.8 Å². The highest BCUT2D eigenvalue weighted by atomic mass is 16.5. The maximum Gasteiger partial charge on any atom is 0.119 e. The molecule has 2 atom stereocenters. The van der Waals surface area contributed by atoms with Crippen molar-refractivity contribution in [3.8, 4) is 5.75 Å². The first-order valence-corrected chi connectivity index (χ1v) is 6.74. The highest BCUT2D eigenvalue weighted by molar-refractivity contribution is 5.30. The standard InChI is InChI=1S/C15H26N2O2/c1-12(16-9-6-10-17(2)3)15(18)13-7-5-8-14(11-13)19-4/h5,7-8,11-12,15-16,18H,6,9-10H2,1-4H3. The summed E-state index contributed by atoms with van der Waals surface area (Å²) in [7, 11) is 5.76. The Bertz CT molecular complexity index is 369. The van der Waals surface area contributed by atoms with Gasteiger partial charge in [-0.2, -0.15) is 0 Å². The van der Waals surface area contributed by atoms with E-state index in [1.807, 2.05) is 31.2 Å². The molecular formula is C15H26N2O2. The first-order valence-electron chi connectivity index (χ1n) is 6.74. The van der Waals surface area contributed by atoms with E-state index >= 15 is 0 Å². The van der Waals surface area contributed by atoms with Crippen LogP contribution in [0.15, 0.2) is 24.3 Å². The summed E-state index contributed by atoms with van der Waals surface area (Å²) in [6, 6.07) is 7.60. The molecule has 0 fully saturated rings. The van der Waals surface area contributed by atoms with E-state index in [4.69, 9.17) is 4.74 Å². The number of aliphatic hydroxyl groups excluding tert-OH is 1. The van der Waals surface area contributed by atoms with Gasteiger partial charge in [0.25, 0.3) is 0 Å². The van der Waals surface area contributed by atoms with Crippen molar-refractivity contribution >= 4 is 0 Å². The molecule has 2 N–H and O–H groups in total. The monoisotopic (exact) mass is 266 g/mol. The topological polar surface area (TPSA) is 44.7 Å². The summed E-state index contributed by atoms with van der Waals surface area (Å²) in [6.45, 7) is 3.95. The highest BCUT2D eigenvalue weighted by Gasteiger charge is 2.16. The van der Waals surface area contributed by atoms with Crippen LogP contribution in [0.4, 0.5) is 0 Å². The van der Waals surface area contributed by atoms with E-state index in [0.717, 1.165) is 30.8 Å². The quantitative estimate of drug-likeness (QED) is 0.702. The Balaban J connectivity index is 2.44. The largest absolute Gasteiger partial charge is 0.497 e. The number of aliphatic hydroxyl groups is 1. The van der Waals surface area contributed by atoms with Gasteiger partial charge in [0.05, 0.1) is 13.2 Å². The second-order valence-electron chi connectivity index (χ2n) is 5.12. The average molecular weight is 266 g/mol. The first kappa shape index (κ1) is 16.0. The number of benzene rings is 1. The van der Waals surface area contributed by atoms with E-state index in [1.54, 1.807) is 7.11 Å². The second kappa shape index (κ2) is 8.15. The molecule has 1 rings (SSSR count). The van der Waals surface area contributed by atoms with E-state index in [9.17, 15) is 5.11 Å². The number of hydrogen-bond donors (Lipinski definition) is 2. The third-order valence-corrected chi connectivity index (χ3v) is 3.16. The molecule has 0 saturated carbocycles. The molecule has 0 bridgehead atoms. The fourth-order valence-corrected chi connectivity index (χ4v) is 1.95. The number of hydrogen-bond acceptors (Lipinski definition) is 4. The Morgan fingerprint density at radius 3 is 2.74 bits per heavy atom. The number of rotatable bonds is 8. The van der Waals surface area contributed by atoms with Crippen molar-refractivity contribution in [2.45, 2.75) is 25.5 Å². The van der Waals surface area contributed by atoms with Gasteiger partial charge in [-0.05, 0) is 58.2 Å². The zero-order valence-electron chi connectivity index (χ0n) is 12.4. The van der Waals surface area contributed by atoms with Gasteiger partial charge in [-0.3, -0.25) is 0 Å². The molecular weight excluding hydrogens is 240 g/mol. The Hall–Kier alpha value is -1.10. The van der Waals surface area contributed by atoms with Crippen LogP contribution in [0.5, 0.6) is 5.75 Å². The van der Waals surface area contributed by atoms with Crippen molar-refractivity contribution in [2.24, 2.45) is 0 Å². The minimum absolute atomic E-state index is 0.0225. The number of ether oxygens (including phenoxy) is 1. The molecule has 0 saturated heterocycles. The maximum atomic E-state index is 10.3. The van der Waals surface area contributed by atoms with Gasteiger partial charge < -0.3 is 20.1 Å². The molecule has 0 aliphatic carbocycles. The zero-order chi connectivity index (χ0) is 14.3. The summed E-state index contributed by atoms with van der Waals surface area (Å²) >= 11 is 0. The third kappa shape index (κ3) is 5.59. The van der Waals surface area contributed by atoms with Crippen molar-refractivity contribution in [1.82, 2.24) is 10.2 Å². The minimum Gasteiger partial charge on any atom is -0.497 e. The van der Waals surface area contributed by atoms with Crippen LogP contribution >= 0.6 is 0 Å². The Morgan fingerprint density at radius 1 is 1.37 bits per heavy atom. The van der Waals surface area contributed by atoms with Gasteiger partial charge in [0.1, 0.15) is 5.75 Å². The van der Waals surface area contributed by atoms with Crippen LogP contribution < -0.4 is 10.1 Å². The van der Waals surface area contributed by atoms with Gasteiger partial charge in [0.2, 0.25) is 0 Å². The van der Waals surface area contributed by atoms with Gasteiger partial charge in [0, 0.05) is 6.04 Å². The Kier molecular flexibility index (Phi) is 6.84. The van der Waals surface area contributed by atoms with Gasteiger partial charge in [-0.25, -0.2) is 0 Å². The second-order valence-corrected chi connectivity index (χ2v) is 5.12. The molecule has 0 spiro atoms. The molecule has 1 aromatic rings. The van der Waals surface area contributed by atoms with Crippen molar-refractivity contribution in [1.29, 1.82) is 0 Å². The van der Waals surface area contributed by atoms with Crippen LogP contribution in [0.2, 0.25) is 0 Å². The van der Waals surface area contributed by atoms with E-state index in [-0.39, 0.29) is 6.04 Å². The fraction of sp³-hybridized carbons (Fsp3) is 0.600. The Labute approximate surface area is 116 Å². The minimum atomic E-state index is -0.519. The molecule has 1 aromatic carbocycles. The van der Waals surface area contributed by atoms with Gasteiger partial charge in [-0.1, -0.05) is 12.1 Å². The summed E-state index contributed by atoms with van der Waals surface area (Å²) in [6.07, 6.45) is 0.553. The van der Waals surface area contributed by atoms with Crippen molar-refractivity contribution < 1.29 is 9.84 Å². The lowest BCUT2D eigenvalue weighted by molar-refractivity contribution is 0.135. The molecule has 0 aliphatic rings. The average Bonchev–Trinajstić information content (AvgIpc) is 2.42. The molecule has 0 amide bonds. The van der Waals surface area contributed by atoms with Crippen LogP contribution in [0.25, 0.3) is 0 Å². The van der Waals surface area contributed by atoms with E-state index in [0.29, 0.717) is 0 Å². The maximum absolute atomic E-state index is 10.3. The van der Waals surface area contributed by atoms with Crippen LogP contribution in [0, 0.1) is 0 Å². The number of methoxy groups -OCH3 is 1. The molecule has 0 radical (unpaired) electrons.